The molecule has 2 aliphatic heterocycles. The molecule has 10 nitrogen and oxygen atoms in total. The number of amides is 2. The number of nitrogens with zero attached hydrogens (tertiary/aromatic N) is 4. The first-order valence-electron chi connectivity index (χ1n) is 6.43. The van der Waals surface area contributed by atoms with E-state index >= 15 is 0 Å². The molecule has 2 bridgehead atoms. The second-order valence-electron chi connectivity index (χ2n) is 5.64. The van der Waals surface area contributed by atoms with Gasteiger partial charge in [-0.25, -0.2) is 4.79 Å². The molecule has 3 aliphatic rings. The normalized spacial score (nSPS) is 30.2. The van der Waals surface area contributed by atoms with Gasteiger partial charge in [0, 0.05) is 6.54 Å². The number of hydrogen-bond acceptors (Lipinski definition) is 7. The van der Waals surface area contributed by atoms with Crippen molar-refractivity contribution in [3.05, 3.63) is 12.3 Å². The van der Waals surface area contributed by atoms with E-state index in [4.69, 9.17) is 8.97 Å². The minimum atomic E-state index is -4.75. The summed E-state index contributed by atoms with van der Waals surface area (Å²) in [5, 5.41) is 8.23. The highest BCUT2D eigenvalue weighted by Gasteiger charge is 2.64. The molecular formula is C10H12N4O6S. The maximum atomic E-state index is 12.3. The number of aromatic nitrogens is 2. The molecule has 1 aliphatic carbocycles. The summed E-state index contributed by atoms with van der Waals surface area (Å²) >= 11 is 0. The molecule has 2 amide bonds. The molecule has 114 valence electrons. The summed E-state index contributed by atoms with van der Waals surface area (Å²) in [6.07, 6.45) is 3.51. The third-order valence-electron chi connectivity index (χ3n) is 4.50. The lowest BCUT2D eigenvalue weighted by Gasteiger charge is -2.34. The van der Waals surface area contributed by atoms with Gasteiger partial charge in [0.15, 0.2) is 0 Å². The number of hydrogen-bond donors (Lipinski definition) is 1. The predicted molar refractivity (Wildman–Crippen MR) is 63.7 cm³/mol. The molecule has 3 fully saturated rings. The summed E-state index contributed by atoms with van der Waals surface area (Å²) in [6, 6.07) is -1.41. The van der Waals surface area contributed by atoms with Crippen LogP contribution in [0.2, 0.25) is 0 Å². The number of carbonyl (C=O) groups is 1. The topological polar surface area (TPSA) is 126 Å². The van der Waals surface area contributed by atoms with E-state index in [1.807, 2.05) is 0 Å². The van der Waals surface area contributed by atoms with E-state index < -0.39 is 28.5 Å². The van der Waals surface area contributed by atoms with Gasteiger partial charge in [-0.2, -0.15) is 13.5 Å². The van der Waals surface area contributed by atoms with Crippen molar-refractivity contribution in [1.29, 1.82) is 0 Å². The van der Waals surface area contributed by atoms with Crippen LogP contribution in [0.4, 0.5) is 4.79 Å². The van der Waals surface area contributed by atoms with Crippen LogP contribution in [0.25, 0.3) is 0 Å². The fraction of sp³-hybridized carbons (Fsp3) is 0.700. The van der Waals surface area contributed by atoms with Crippen molar-refractivity contribution in [1.82, 2.24) is 20.2 Å². The highest BCUT2D eigenvalue weighted by atomic mass is 32.3. The van der Waals surface area contributed by atoms with E-state index in [-0.39, 0.29) is 5.41 Å². The predicted octanol–water partition coefficient (Wildman–Crippen LogP) is 0.135. The Morgan fingerprint density at radius 1 is 1.48 bits per heavy atom. The number of hydroxylamine groups is 2. The molecule has 1 N–H and O–H groups in total. The molecule has 1 spiro atoms. The summed E-state index contributed by atoms with van der Waals surface area (Å²) in [7, 11) is -4.75. The smallest absolute Gasteiger partial charge is 0.418 e. The van der Waals surface area contributed by atoms with Crippen LogP contribution in [0.3, 0.4) is 0 Å². The van der Waals surface area contributed by atoms with Crippen LogP contribution in [-0.2, 0) is 14.7 Å². The lowest BCUT2D eigenvalue weighted by atomic mass is 9.85. The molecule has 11 heteroatoms. The van der Waals surface area contributed by atoms with E-state index in [0.717, 1.165) is 17.9 Å². The van der Waals surface area contributed by atoms with E-state index in [1.54, 1.807) is 0 Å². The fourth-order valence-corrected chi connectivity index (χ4v) is 3.73. The van der Waals surface area contributed by atoms with Gasteiger partial charge in [-0.15, -0.1) is 14.5 Å². The highest BCUT2D eigenvalue weighted by molar-refractivity contribution is 7.80. The van der Waals surface area contributed by atoms with E-state index in [0.29, 0.717) is 18.9 Å². The van der Waals surface area contributed by atoms with Gasteiger partial charge >= 0.3 is 16.4 Å². The first kappa shape index (κ1) is 13.0. The first-order chi connectivity index (χ1) is 9.90. The minimum absolute atomic E-state index is 0.216. The largest absolute Gasteiger partial charge is 0.426 e. The molecule has 1 aromatic heterocycles. The SMILES string of the molecule is O=C1N2CC(N1OS(=O)(=O)O)C1(CC1)CC2c1nnco1. The average Bonchev–Trinajstić information content (AvgIpc) is 2.87. The number of rotatable bonds is 3. The van der Waals surface area contributed by atoms with Crippen molar-refractivity contribution in [3.8, 4) is 0 Å². The van der Waals surface area contributed by atoms with Crippen molar-refractivity contribution < 1.29 is 26.5 Å². The van der Waals surface area contributed by atoms with Gasteiger partial charge in [-0.05, 0) is 24.7 Å². The molecule has 2 saturated heterocycles. The van der Waals surface area contributed by atoms with Gasteiger partial charge in [-0.3, -0.25) is 4.55 Å². The minimum Gasteiger partial charge on any atom is -0.426 e. The third kappa shape index (κ3) is 1.92. The molecule has 2 atom stereocenters. The lowest BCUT2D eigenvalue weighted by molar-refractivity contribution is -0.0529. The Morgan fingerprint density at radius 3 is 2.81 bits per heavy atom. The van der Waals surface area contributed by atoms with Crippen LogP contribution in [0.5, 0.6) is 0 Å². The Hall–Kier alpha value is -1.72. The summed E-state index contributed by atoms with van der Waals surface area (Å²) < 4.78 is 40.4. The molecule has 3 heterocycles. The second-order valence-corrected chi connectivity index (χ2v) is 6.64. The van der Waals surface area contributed by atoms with Gasteiger partial charge in [0.2, 0.25) is 12.3 Å². The summed E-state index contributed by atoms with van der Waals surface area (Å²) in [6.45, 7) is 0.307. The second kappa shape index (κ2) is 3.93. The maximum absolute atomic E-state index is 12.3. The van der Waals surface area contributed by atoms with Gasteiger partial charge in [0.1, 0.15) is 6.04 Å². The molecule has 1 aromatic rings. The summed E-state index contributed by atoms with van der Waals surface area (Å²) in [4.78, 5) is 13.8. The maximum Gasteiger partial charge on any atom is 0.418 e. The Bertz CT molecular complexity index is 684. The van der Waals surface area contributed by atoms with Crippen LogP contribution in [-0.4, -0.2) is 51.7 Å². The van der Waals surface area contributed by atoms with Gasteiger partial charge < -0.3 is 9.32 Å². The van der Waals surface area contributed by atoms with E-state index in [2.05, 4.69) is 14.5 Å². The Kier molecular flexibility index (Phi) is 2.43. The number of carbonyl (C=O) groups excluding carboxylic acids is 1. The molecule has 2 unspecified atom stereocenters. The highest BCUT2D eigenvalue weighted by Crippen LogP contribution is 2.61. The van der Waals surface area contributed by atoms with Gasteiger partial charge in [-0.1, -0.05) is 0 Å². The van der Waals surface area contributed by atoms with Crippen molar-refractivity contribution in [3.63, 3.8) is 0 Å². The Labute approximate surface area is 119 Å². The Morgan fingerprint density at radius 2 is 2.24 bits per heavy atom. The van der Waals surface area contributed by atoms with Crippen LogP contribution in [0.15, 0.2) is 10.8 Å². The first-order valence-corrected chi connectivity index (χ1v) is 7.79. The van der Waals surface area contributed by atoms with Crippen molar-refractivity contribution in [2.24, 2.45) is 5.41 Å². The molecular weight excluding hydrogens is 304 g/mol. The van der Waals surface area contributed by atoms with Crippen LogP contribution in [0, 0.1) is 5.41 Å². The lowest BCUT2D eigenvalue weighted by Crippen LogP contribution is -2.43. The zero-order valence-electron chi connectivity index (χ0n) is 10.7. The van der Waals surface area contributed by atoms with Gasteiger partial charge in [0.25, 0.3) is 0 Å². The quantitative estimate of drug-likeness (QED) is 0.780. The van der Waals surface area contributed by atoms with Crippen molar-refractivity contribution >= 4 is 16.4 Å². The van der Waals surface area contributed by atoms with Crippen LogP contribution < -0.4 is 0 Å². The molecule has 21 heavy (non-hydrogen) atoms. The standard InChI is InChI=1S/C10H12N4O6S/c15-9-13-4-7(14(9)20-21(16,17)18)10(1-2-10)3-6(13)8-12-11-5-19-8/h5-7H,1-4H2,(H,16,17,18). The number of urea groups is 1. The third-order valence-corrected chi connectivity index (χ3v) is 4.85. The molecule has 0 radical (unpaired) electrons. The average molecular weight is 316 g/mol. The van der Waals surface area contributed by atoms with E-state index in [1.165, 1.54) is 11.3 Å². The molecule has 0 aromatic carbocycles. The molecule has 1 saturated carbocycles. The van der Waals surface area contributed by atoms with Crippen molar-refractivity contribution in [2.45, 2.75) is 31.3 Å². The molecule has 4 rings (SSSR count). The number of piperidine rings is 1. The van der Waals surface area contributed by atoms with Gasteiger partial charge in [0.05, 0.1) is 6.04 Å². The zero-order chi connectivity index (χ0) is 14.8. The van der Waals surface area contributed by atoms with Crippen LogP contribution >= 0.6 is 0 Å². The summed E-state index contributed by atoms with van der Waals surface area (Å²) in [5.41, 5.74) is -0.216. The Balaban J connectivity index is 1.70. The number of fused-ring (bicyclic) bond motifs is 3. The van der Waals surface area contributed by atoms with Crippen molar-refractivity contribution in [2.75, 3.05) is 6.54 Å². The van der Waals surface area contributed by atoms with E-state index in [9.17, 15) is 13.2 Å². The zero-order valence-corrected chi connectivity index (χ0v) is 11.6. The summed E-state index contributed by atoms with van der Waals surface area (Å²) in [5.74, 6) is 0.321. The monoisotopic (exact) mass is 316 g/mol. The fourth-order valence-electron chi connectivity index (χ4n) is 3.36. The van der Waals surface area contributed by atoms with Crippen LogP contribution in [0.1, 0.15) is 31.2 Å².